The Balaban J connectivity index is 1.56. The van der Waals surface area contributed by atoms with Gasteiger partial charge < -0.3 is 10.1 Å². The molecule has 0 aliphatic carbocycles. The lowest BCUT2D eigenvalue weighted by molar-refractivity contribution is 0.101. The molecule has 4 aromatic rings. The Morgan fingerprint density at radius 2 is 1.47 bits per heavy atom. The maximum atomic E-state index is 13.2. The smallest absolute Gasteiger partial charge is 0.262 e. The van der Waals surface area contributed by atoms with E-state index in [2.05, 4.69) is 10.4 Å². The van der Waals surface area contributed by atoms with Gasteiger partial charge in [0, 0.05) is 17.4 Å². The zero-order chi connectivity index (χ0) is 24.1. The average Bonchev–Trinajstić information content (AvgIpc) is 3.23. The Labute approximate surface area is 194 Å². The summed E-state index contributed by atoms with van der Waals surface area (Å²) < 4.78 is 33.7. The summed E-state index contributed by atoms with van der Waals surface area (Å²) in [4.78, 5) is 24.5. The Morgan fingerprint density at radius 3 is 2.06 bits per heavy atom. The fourth-order valence-corrected chi connectivity index (χ4v) is 3.24. The standard InChI is InChI=1S/C26H21F2N3O3/c1-17(32)20-6-12-23(13-7-20)29-25(33)24-15-31(14-18-2-8-21(27)9-3-18)30-26(24)34-16-19-4-10-22(28)11-5-19/h2-13,15H,14,16H2,1H3,(H,29,33). The molecule has 3 aromatic carbocycles. The first kappa shape index (κ1) is 22.8. The lowest BCUT2D eigenvalue weighted by atomic mass is 10.1. The molecule has 1 amide bonds. The Hall–Kier alpha value is -4.33. The highest BCUT2D eigenvalue weighted by molar-refractivity contribution is 6.06. The van der Waals surface area contributed by atoms with Crippen LogP contribution < -0.4 is 10.1 Å². The van der Waals surface area contributed by atoms with Gasteiger partial charge >= 0.3 is 0 Å². The number of carbonyl (C=O) groups is 2. The number of hydrogen-bond donors (Lipinski definition) is 1. The van der Waals surface area contributed by atoms with Crippen LogP contribution in [0.25, 0.3) is 0 Å². The van der Waals surface area contributed by atoms with E-state index in [4.69, 9.17) is 4.74 Å². The Kier molecular flexibility index (Phi) is 6.77. The molecule has 0 atom stereocenters. The molecule has 0 bridgehead atoms. The first-order valence-electron chi connectivity index (χ1n) is 10.5. The summed E-state index contributed by atoms with van der Waals surface area (Å²) in [6.07, 6.45) is 1.54. The van der Waals surface area contributed by atoms with Gasteiger partial charge in [0.05, 0.1) is 6.54 Å². The van der Waals surface area contributed by atoms with Gasteiger partial charge in [0.15, 0.2) is 5.78 Å². The van der Waals surface area contributed by atoms with Gasteiger partial charge in [-0.05, 0) is 66.6 Å². The molecule has 8 heteroatoms. The minimum atomic E-state index is -0.449. The van der Waals surface area contributed by atoms with Crippen LogP contribution in [0.2, 0.25) is 0 Å². The van der Waals surface area contributed by atoms with Crippen LogP contribution >= 0.6 is 0 Å². The van der Waals surface area contributed by atoms with Gasteiger partial charge in [-0.3, -0.25) is 14.3 Å². The van der Waals surface area contributed by atoms with Crippen LogP contribution in [0.1, 0.15) is 38.8 Å². The zero-order valence-electron chi connectivity index (χ0n) is 18.3. The number of nitrogens with zero attached hydrogens (tertiary/aromatic N) is 2. The Bertz CT molecular complexity index is 1300. The number of anilines is 1. The van der Waals surface area contributed by atoms with Gasteiger partial charge in [0.1, 0.15) is 23.8 Å². The molecule has 0 saturated carbocycles. The number of ether oxygens (including phenoxy) is 1. The number of carbonyl (C=O) groups excluding carboxylic acids is 2. The molecule has 0 aliphatic heterocycles. The SMILES string of the molecule is CC(=O)c1ccc(NC(=O)c2cn(Cc3ccc(F)cc3)nc2OCc2ccc(F)cc2)cc1. The molecule has 0 unspecified atom stereocenters. The van der Waals surface area contributed by atoms with Crippen molar-refractivity contribution in [3.63, 3.8) is 0 Å². The fourth-order valence-electron chi connectivity index (χ4n) is 3.24. The molecule has 1 aromatic heterocycles. The van der Waals surface area contributed by atoms with Crippen LogP contribution in [0.4, 0.5) is 14.5 Å². The second-order valence-electron chi connectivity index (χ2n) is 7.67. The van der Waals surface area contributed by atoms with Crippen LogP contribution in [0.15, 0.2) is 79.0 Å². The third-order valence-corrected chi connectivity index (χ3v) is 5.07. The number of ketones is 1. The molecule has 0 fully saturated rings. The van der Waals surface area contributed by atoms with Crippen LogP contribution in [0.3, 0.4) is 0 Å². The second-order valence-corrected chi connectivity index (χ2v) is 7.67. The van der Waals surface area contributed by atoms with Crippen molar-refractivity contribution in [1.29, 1.82) is 0 Å². The van der Waals surface area contributed by atoms with E-state index < -0.39 is 5.91 Å². The lowest BCUT2D eigenvalue weighted by Gasteiger charge is -2.07. The molecule has 172 valence electrons. The number of benzene rings is 3. The van der Waals surface area contributed by atoms with Crippen molar-refractivity contribution in [2.75, 3.05) is 5.32 Å². The molecule has 1 heterocycles. The van der Waals surface area contributed by atoms with E-state index in [0.717, 1.165) is 5.56 Å². The van der Waals surface area contributed by atoms with E-state index in [-0.39, 0.29) is 35.5 Å². The summed E-state index contributed by atoms with van der Waals surface area (Å²) in [7, 11) is 0. The molecule has 0 radical (unpaired) electrons. The van der Waals surface area contributed by atoms with Crippen molar-refractivity contribution in [1.82, 2.24) is 9.78 Å². The summed E-state index contributed by atoms with van der Waals surface area (Å²) in [5, 5.41) is 7.15. The number of amides is 1. The largest absolute Gasteiger partial charge is 0.471 e. The van der Waals surface area contributed by atoms with Crippen molar-refractivity contribution in [2.24, 2.45) is 0 Å². The first-order valence-corrected chi connectivity index (χ1v) is 10.5. The highest BCUT2D eigenvalue weighted by Crippen LogP contribution is 2.21. The third-order valence-electron chi connectivity index (χ3n) is 5.07. The summed E-state index contributed by atoms with van der Waals surface area (Å²) in [6.45, 7) is 1.85. The Morgan fingerprint density at radius 1 is 0.882 bits per heavy atom. The van der Waals surface area contributed by atoms with Crippen LogP contribution in [0.5, 0.6) is 5.88 Å². The average molecular weight is 461 g/mol. The summed E-state index contributed by atoms with van der Waals surface area (Å²) in [5.41, 5.74) is 2.74. The van der Waals surface area contributed by atoms with Crippen molar-refractivity contribution >= 4 is 17.4 Å². The van der Waals surface area contributed by atoms with Crippen molar-refractivity contribution in [2.45, 2.75) is 20.1 Å². The first-order chi connectivity index (χ1) is 16.4. The maximum Gasteiger partial charge on any atom is 0.262 e. The summed E-state index contributed by atoms with van der Waals surface area (Å²) >= 11 is 0. The van der Waals surface area contributed by atoms with Crippen LogP contribution in [-0.2, 0) is 13.2 Å². The monoisotopic (exact) mass is 461 g/mol. The van der Waals surface area contributed by atoms with Gasteiger partial charge in [-0.1, -0.05) is 24.3 Å². The van der Waals surface area contributed by atoms with E-state index >= 15 is 0 Å². The van der Waals surface area contributed by atoms with Gasteiger partial charge in [0.25, 0.3) is 5.91 Å². The molecule has 6 nitrogen and oxygen atoms in total. The summed E-state index contributed by atoms with van der Waals surface area (Å²) in [6, 6.07) is 18.3. The quantitative estimate of drug-likeness (QED) is 0.364. The van der Waals surface area contributed by atoms with Crippen LogP contribution in [0, 0.1) is 11.6 Å². The number of halogens is 2. The minimum absolute atomic E-state index is 0.0728. The highest BCUT2D eigenvalue weighted by Gasteiger charge is 2.19. The van der Waals surface area contributed by atoms with E-state index in [1.54, 1.807) is 54.7 Å². The highest BCUT2D eigenvalue weighted by atomic mass is 19.1. The van der Waals surface area contributed by atoms with Crippen molar-refractivity contribution < 1.29 is 23.1 Å². The van der Waals surface area contributed by atoms with Gasteiger partial charge in [0.2, 0.25) is 5.88 Å². The maximum absolute atomic E-state index is 13.2. The number of aromatic nitrogens is 2. The predicted octanol–water partition coefficient (Wildman–Crippen LogP) is 5.24. The molecule has 0 aliphatic rings. The topological polar surface area (TPSA) is 73.2 Å². The van der Waals surface area contributed by atoms with Crippen LogP contribution in [-0.4, -0.2) is 21.5 Å². The number of rotatable bonds is 8. The molecular weight excluding hydrogens is 440 g/mol. The third kappa shape index (κ3) is 5.72. The number of Topliss-reactive ketones (excluding diaryl/α,β-unsaturated/α-hetero) is 1. The van der Waals surface area contributed by atoms with Crippen molar-refractivity contribution in [3.8, 4) is 5.88 Å². The van der Waals surface area contributed by atoms with Gasteiger partial charge in [-0.15, -0.1) is 5.10 Å². The molecule has 0 spiro atoms. The number of nitrogens with one attached hydrogen (secondary N) is 1. The van der Waals surface area contributed by atoms with Crippen molar-refractivity contribution in [3.05, 3.63) is 113 Å². The number of hydrogen-bond acceptors (Lipinski definition) is 4. The molecular formula is C26H21F2N3O3. The van der Waals surface area contributed by atoms with E-state index in [1.165, 1.54) is 35.9 Å². The fraction of sp³-hybridized carbons (Fsp3) is 0.115. The van der Waals surface area contributed by atoms with Gasteiger partial charge in [-0.25, -0.2) is 8.78 Å². The van der Waals surface area contributed by atoms with E-state index in [9.17, 15) is 18.4 Å². The molecule has 4 rings (SSSR count). The lowest BCUT2D eigenvalue weighted by Crippen LogP contribution is -2.13. The normalized spacial score (nSPS) is 10.7. The van der Waals surface area contributed by atoms with Gasteiger partial charge in [-0.2, -0.15) is 0 Å². The molecule has 0 saturated heterocycles. The zero-order valence-corrected chi connectivity index (χ0v) is 18.3. The minimum Gasteiger partial charge on any atom is -0.471 e. The second kappa shape index (κ2) is 10.1. The van der Waals surface area contributed by atoms with E-state index in [0.29, 0.717) is 23.4 Å². The van der Waals surface area contributed by atoms with E-state index in [1.807, 2.05) is 0 Å². The molecule has 34 heavy (non-hydrogen) atoms. The summed E-state index contributed by atoms with van der Waals surface area (Å²) in [5.74, 6) is -1.12. The predicted molar refractivity (Wildman–Crippen MR) is 123 cm³/mol. The molecule has 1 N–H and O–H groups in total.